The van der Waals surface area contributed by atoms with Gasteiger partial charge in [-0.3, -0.25) is 4.79 Å². The number of carbonyl (C=O) groups is 1. The number of aliphatic hydroxyl groups is 10. The molecule has 0 aliphatic carbocycles. The van der Waals surface area contributed by atoms with Crippen LogP contribution in [-0.4, -0.2) is 169 Å². The van der Waals surface area contributed by atoms with Crippen molar-refractivity contribution in [3.8, 4) is 0 Å². The molecule has 3 saturated heterocycles. The van der Waals surface area contributed by atoms with Crippen molar-refractivity contribution in [1.82, 2.24) is 5.32 Å². The molecular weight excluding hydrogens is 510 g/mol. The Morgan fingerprint density at radius 1 is 0.649 bits per heavy atom. The van der Waals surface area contributed by atoms with Crippen molar-refractivity contribution in [3.05, 3.63) is 0 Å². The summed E-state index contributed by atoms with van der Waals surface area (Å²) in [5.74, 6) is -0.620. The Bertz CT molecular complexity index is 743. The predicted molar refractivity (Wildman–Crippen MR) is 113 cm³/mol. The van der Waals surface area contributed by atoms with Crippen molar-refractivity contribution in [2.75, 3.05) is 19.8 Å². The fraction of sp³-hybridized carbons (Fsp3) is 0.950. The Morgan fingerprint density at radius 2 is 1.11 bits per heavy atom. The quantitative estimate of drug-likeness (QED) is 0.135. The fourth-order valence-electron chi connectivity index (χ4n) is 4.46. The Labute approximate surface area is 210 Å². The van der Waals surface area contributed by atoms with Gasteiger partial charge in [0, 0.05) is 6.92 Å². The minimum atomic E-state index is -1.92. The van der Waals surface area contributed by atoms with Crippen molar-refractivity contribution in [1.29, 1.82) is 0 Å². The second-order valence-corrected chi connectivity index (χ2v) is 9.07. The first kappa shape index (κ1) is 30.4. The van der Waals surface area contributed by atoms with Crippen molar-refractivity contribution >= 4 is 5.91 Å². The summed E-state index contributed by atoms with van der Waals surface area (Å²) in [7, 11) is 0. The highest BCUT2D eigenvalue weighted by Gasteiger charge is 2.53. The van der Waals surface area contributed by atoms with Gasteiger partial charge in [0.2, 0.25) is 5.91 Å². The van der Waals surface area contributed by atoms with Crippen LogP contribution >= 0.6 is 0 Å². The second-order valence-electron chi connectivity index (χ2n) is 9.07. The minimum Gasteiger partial charge on any atom is -0.394 e. The molecule has 0 aromatic rings. The van der Waals surface area contributed by atoms with E-state index in [0.717, 1.165) is 6.92 Å². The summed E-state index contributed by atoms with van der Waals surface area (Å²) in [6.45, 7) is -1.21. The largest absolute Gasteiger partial charge is 0.394 e. The number of nitrogens with one attached hydrogen (secondary N) is 1. The van der Waals surface area contributed by atoms with Crippen LogP contribution in [0.1, 0.15) is 6.92 Å². The molecule has 0 saturated carbocycles. The third kappa shape index (κ3) is 6.38. The van der Waals surface area contributed by atoms with Gasteiger partial charge in [-0.25, -0.2) is 0 Å². The lowest BCUT2D eigenvalue weighted by atomic mass is 9.95. The lowest BCUT2D eigenvalue weighted by Crippen LogP contribution is -2.68. The van der Waals surface area contributed by atoms with Crippen LogP contribution in [0.4, 0.5) is 0 Å². The molecule has 3 aliphatic rings. The summed E-state index contributed by atoms with van der Waals surface area (Å²) in [5, 5.41) is 103. The lowest BCUT2D eigenvalue weighted by Gasteiger charge is -2.48. The highest BCUT2D eigenvalue weighted by atomic mass is 16.7. The van der Waals surface area contributed by atoms with Gasteiger partial charge in [-0.2, -0.15) is 0 Å². The molecule has 15 atom stereocenters. The van der Waals surface area contributed by atoms with Crippen LogP contribution in [-0.2, 0) is 28.5 Å². The van der Waals surface area contributed by atoms with Crippen LogP contribution < -0.4 is 5.32 Å². The topological polar surface area (TPSA) is 278 Å². The van der Waals surface area contributed by atoms with Gasteiger partial charge in [0.05, 0.1) is 19.8 Å². The van der Waals surface area contributed by atoms with Gasteiger partial charge in [0.25, 0.3) is 0 Å². The Balaban J connectivity index is 1.74. The van der Waals surface area contributed by atoms with E-state index < -0.39 is 118 Å². The zero-order valence-corrected chi connectivity index (χ0v) is 19.7. The maximum Gasteiger partial charge on any atom is 0.217 e. The van der Waals surface area contributed by atoms with E-state index in [1.165, 1.54) is 0 Å². The van der Waals surface area contributed by atoms with Crippen LogP contribution in [0.25, 0.3) is 0 Å². The van der Waals surface area contributed by atoms with Crippen molar-refractivity contribution in [2.24, 2.45) is 0 Å². The van der Waals surface area contributed by atoms with E-state index >= 15 is 0 Å². The van der Waals surface area contributed by atoms with E-state index in [0.29, 0.717) is 0 Å². The third-order valence-corrected chi connectivity index (χ3v) is 6.49. The van der Waals surface area contributed by atoms with Crippen LogP contribution in [0.5, 0.6) is 0 Å². The van der Waals surface area contributed by atoms with Gasteiger partial charge in [0.1, 0.15) is 73.2 Å². The molecule has 3 aliphatic heterocycles. The summed E-state index contributed by atoms with van der Waals surface area (Å²) in [5.41, 5.74) is 0. The molecule has 1 amide bonds. The van der Waals surface area contributed by atoms with Gasteiger partial charge >= 0.3 is 0 Å². The first-order chi connectivity index (χ1) is 17.4. The maximum atomic E-state index is 11.4. The molecule has 0 radical (unpaired) electrons. The SMILES string of the molecule is CC(=O)N[C@H]1C(O)O[C@@H](CO)[C@@H](O[C@H]2O[C@@H](CO)[C@@H](O[C@H]3O[C@@H](CO)[C@@H](O)[C@@H](O)[C@@H]3O)[C@@H](O)[C@@H]2O)[C@@H]1O. The molecule has 11 N–H and O–H groups in total. The van der Waals surface area contributed by atoms with Crippen molar-refractivity contribution in [2.45, 2.75) is 99.0 Å². The van der Waals surface area contributed by atoms with E-state index in [-0.39, 0.29) is 0 Å². The van der Waals surface area contributed by atoms with E-state index in [2.05, 4.69) is 5.32 Å². The first-order valence-corrected chi connectivity index (χ1v) is 11.6. The summed E-state index contributed by atoms with van der Waals surface area (Å²) in [6.07, 6.45) is -23.2. The molecule has 37 heavy (non-hydrogen) atoms. The highest BCUT2D eigenvalue weighted by Crippen LogP contribution is 2.32. The van der Waals surface area contributed by atoms with Crippen LogP contribution in [0.3, 0.4) is 0 Å². The monoisotopic (exact) mass is 545 g/mol. The molecule has 0 spiro atoms. The van der Waals surface area contributed by atoms with Gasteiger partial charge in [-0.15, -0.1) is 0 Å². The van der Waals surface area contributed by atoms with E-state index in [9.17, 15) is 55.9 Å². The molecule has 0 aromatic heterocycles. The highest BCUT2D eigenvalue weighted by molar-refractivity contribution is 5.73. The Hall–Kier alpha value is -1.13. The molecule has 3 fully saturated rings. The standard InChI is InChI=1S/C20H35NO16/c1-5(25)21-9-11(27)16(7(3-23)33-18(9)32)36-20-15(31)13(29)17(8(4-24)35-20)37-19-14(30)12(28)10(26)6(2-22)34-19/h6-20,22-24,26-32H,2-4H2,1H3,(H,21,25)/t6-,7-,8-,9+,10+,11+,12+,13-,14-,15-,16+,17+,18?,19+,20+/m0/s1. The lowest BCUT2D eigenvalue weighted by molar-refractivity contribution is -0.373. The average Bonchev–Trinajstić information content (AvgIpc) is 2.87. The zero-order chi connectivity index (χ0) is 27.6. The summed E-state index contributed by atoms with van der Waals surface area (Å²) in [6, 6.07) is -1.38. The average molecular weight is 545 g/mol. The summed E-state index contributed by atoms with van der Waals surface area (Å²) in [4.78, 5) is 11.4. The molecule has 0 bridgehead atoms. The summed E-state index contributed by atoms with van der Waals surface area (Å²) >= 11 is 0. The number of amides is 1. The molecule has 0 aromatic carbocycles. The van der Waals surface area contributed by atoms with Crippen LogP contribution in [0.2, 0.25) is 0 Å². The fourth-order valence-corrected chi connectivity index (χ4v) is 4.46. The van der Waals surface area contributed by atoms with Crippen LogP contribution in [0, 0.1) is 0 Å². The summed E-state index contributed by atoms with van der Waals surface area (Å²) < 4.78 is 26.9. The number of ether oxygens (including phenoxy) is 5. The number of carbonyl (C=O) groups excluding carboxylic acids is 1. The van der Waals surface area contributed by atoms with Gasteiger partial charge in [0.15, 0.2) is 18.9 Å². The van der Waals surface area contributed by atoms with Gasteiger partial charge in [-0.05, 0) is 0 Å². The molecule has 1 unspecified atom stereocenters. The second kappa shape index (κ2) is 12.8. The molecule has 216 valence electrons. The number of hydrogen-bond acceptors (Lipinski definition) is 16. The molecule has 17 heteroatoms. The van der Waals surface area contributed by atoms with Gasteiger partial charge < -0.3 is 80.1 Å². The molecule has 17 nitrogen and oxygen atoms in total. The van der Waals surface area contributed by atoms with E-state index in [1.807, 2.05) is 0 Å². The first-order valence-electron chi connectivity index (χ1n) is 11.6. The predicted octanol–water partition coefficient (Wildman–Crippen LogP) is -7.43. The Morgan fingerprint density at radius 3 is 1.62 bits per heavy atom. The normalized spacial score (nSPS) is 49.0. The number of rotatable bonds is 8. The number of aliphatic hydroxyl groups excluding tert-OH is 10. The third-order valence-electron chi connectivity index (χ3n) is 6.49. The van der Waals surface area contributed by atoms with E-state index in [4.69, 9.17) is 23.7 Å². The maximum absolute atomic E-state index is 11.4. The van der Waals surface area contributed by atoms with E-state index in [1.54, 1.807) is 0 Å². The van der Waals surface area contributed by atoms with Crippen molar-refractivity contribution < 1.29 is 79.5 Å². The zero-order valence-electron chi connectivity index (χ0n) is 19.7. The van der Waals surface area contributed by atoms with Crippen molar-refractivity contribution in [3.63, 3.8) is 0 Å². The number of hydrogen-bond donors (Lipinski definition) is 11. The van der Waals surface area contributed by atoms with Gasteiger partial charge in [-0.1, -0.05) is 0 Å². The molecule has 3 rings (SSSR count). The smallest absolute Gasteiger partial charge is 0.217 e. The van der Waals surface area contributed by atoms with Crippen LogP contribution in [0.15, 0.2) is 0 Å². The minimum absolute atomic E-state index is 0.620. The molecule has 3 heterocycles. The molecular formula is C20H35NO16. The Kier molecular flexibility index (Phi) is 10.5.